The highest BCUT2D eigenvalue weighted by molar-refractivity contribution is 6.02. The van der Waals surface area contributed by atoms with Crippen molar-refractivity contribution >= 4 is 35.1 Å². The van der Waals surface area contributed by atoms with E-state index < -0.39 is 0 Å². The van der Waals surface area contributed by atoms with Crippen molar-refractivity contribution in [2.24, 2.45) is 21.8 Å². The molecule has 1 saturated heterocycles. The molecule has 1 aliphatic rings. The molecule has 8 heteroatoms. The van der Waals surface area contributed by atoms with Gasteiger partial charge in [-0.2, -0.15) is 0 Å². The molecule has 8 nitrogen and oxygen atoms in total. The summed E-state index contributed by atoms with van der Waals surface area (Å²) in [6.07, 6.45) is 4.57. The van der Waals surface area contributed by atoms with Crippen molar-refractivity contribution in [3.8, 4) is 0 Å². The Morgan fingerprint density at radius 3 is 2.60 bits per heavy atom. The largest absolute Gasteiger partial charge is 0.367 e. The number of nitrogens with zero attached hydrogens (tertiary/aromatic N) is 5. The first-order valence-corrected chi connectivity index (χ1v) is 12.5. The molecule has 0 saturated carbocycles. The Kier molecular flexibility index (Phi) is 9.48. The number of carbonyl (C=O) groups is 1. The van der Waals surface area contributed by atoms with Gasteiger partial charge in [-0.15, -0.1) is 10.2 Å². The van der Waals surface area contributed by atoms with Gasteiger partial charge in [-0.05, 0) is 96.1 Å². The number of benzene rings is 1. The number of hydrogen-bond donors (Lipinski definition) is 2. The summed E-state index contributed by atoms with van der Waals surface area (Å²) in [4.78, 5) is 23.9. The fourth-order valence-corrected chi connectivity index (χ4v) is 4.14. The second kappa shape index (κ2) is 12.5. The number of amides is 1. The number of fused-ring (bicyclic) bond motifs is 1. The van der Waals surface area contributed by atoms with Crippen LogP contribution in [0.3, 0.4) is 0 Å². The minimum Gasteiger partial charge on any atom is -0.367 e. The average Bonchev–Trinajstić information content (AvgIpc) is 2.82. The third-order valence-electron chi connectivity index (χ3n) is 6.17. The zero-order chi connectivity index (χ0) is 25.4. The highest BCUT2D eigenvalue weighted by Crippen LogP contribution is 2.22. The number of anilines is 1. The number of carbonyl (C=O) groups excluding carboxylic acids is 1. The van der Waals surface area contributed by atoms with Crippen LogP contribution in [0.2, 0.25) is 0 Å². The lowest BCUT2D eigenvalue weighted by molar-refractivity contribution is -0.121. The Labute approximate surface area is 209 Å². The van der Waals surface area contributed by atoms with E-state index in [-0.39, 0.29) is 17.9 Å². The summed E-state index contributed by atoms with van der Waals surface area (Å²) < 4.78 is 0. The van der Waals surface area contributed by atoms with Gasteiger partial charge in [0.15, 0.2) is 5.82 Å². The Hall–Kier alpha value is -3.13. The summed E-state index contributed by atoms with van der Waals surface area (Å²) in [6, 6.07) is 8.00. The van der Waals surface area contributed by atoms with E-state index in [0.29, 0.717) is 17.6 Å². The molecule has 0 unspecified atom stereocenters. The van der Waals surface area contributed by atoms with Gasteiger partial charge in [0.05, 0.1) is 11.7 Å². The Morgan fingerprint density at radius 1 is 1.20 bits per heavy atom. The number of hydrogen-bond acceptors (Lipinski definition) is 7. The van der Waals surface area contributed by atoms with Crippen LogP contribution in [0.25, 0.3) is 10.9 Å². The maximum absolute atomic E-state index is 12.9. The van der Waals surface area contributed by atoms with Crippen molar-refractivity contribution in [3.63, 3.8) is 0 Å². The molecule has 1 aliphatic heterocycles. The van der Waals surface area contributed by atoms with E-state index in [1.807, 2.05) is 45.0 Å². The fraction of sp³-hybridized carbons (Fsp3) is 0.519. The number of nitrogens with one attached hydrogen (secondary N) is 2. The maximum Gasteiger partial charge on any atom is 0.228 e. The summed E-state index contributed by atoms with van der Waals surface area (Å²) in [5, 5.41) is 15.7. The van der Waals surface area contributed by atoms with E-state index in [1.165, 1.54) is 6.42 Å². The van der Waals surface area contributed by atoms with Gasteiger partial charge >= 0.3 is 0 Å². The smallest absolute Gasteiger partial charge is 0.228 e. The quantitative estimate of drug-likeness (QED) is 0.487. The summed E-state index contributed by atoms with van der Waals surface area (Å²) in [6.45, 7) is 17.1. The molecule has 1 fully saturated rings. The first-order chi connectivity index (χ1) is 16.7. The topological polar surface area (TPSA) is 94.9 Å². The standard InChI is InChI=1S/C27H39N7O/c1-18(2)9-12-34-13-10-21(11-14-34)27(35)31-25-16-23-15-22(7-8-24(23)32-33-25)20(5)30-26(17-28-6)29-19(3)4/h7-8,15-19,21,29H,6,9-14H2,1-5H3,(H,31,33,35)/b26-17-,30-20+. The molecule has 0 atom stereocenters. The van der Waals surface area contributed by atoms with E-state index in [1.54, 1.807) is 6.20 Å². The van der Waals surface area contributed by atoms with E-state index in [0.717, 1.165) is 54.7 Å². The molecule has 35 heavy (non-hydrogen) atoms. The van der Waals surface area contributed by atoms with E-state index in [4.69, 9.17) is 0 Å². The molecule has 2 aromatic rings. The molecule has 0 spiro atoms. The van der Waals surface area contributed by atoms with Crippen LogP contribution < -0.4 is 10.6 Å². The monoisotopic (exact) mass is 477 g/mol. The Morgan fingerprint density at radius 2 is 1.94 bits per heavy atom. The number of aliphatic imine (C=N–C) groups is 2. The summed E-state index contributed by atoms with van der Waals surface area (Å²) in [5.74, 6) is 1.89. The SMILES string of the molecule is C=N/C=C(\N=C(/C)c1ccc2nnc(NC(=O)C3CCN(CCC(C)C)CC3)cc2c1)NC(C)C. The molecular formula is C27H39N7O. The van der Waals surface area contributed by atoms with Gasteiger partial charge in [0.1, 0.15) is 5.82 Å². The summed E-state index contributed by atoms with van der Waals surface area (Å²) in [5.41, 5.74) is 2.56. The second-order valence-corrected chi connectivity index (χ2v) is 9.98. The van der Waals surface area contributed by atoms with Crippen molar-refractivity contribution in [2.75, 3.05) is 25.0 Å². The zero-order valence-electron chi connectivity index (χ0n) is 21.7. The van der Waals surface area contributed by atoms with Crippen LogP contribution in [0.4, 0.5) is 5.82 Å². The number of likely N-dealkylation sites (tertiary alicyclic amines) is 1. The van der Waals surface area contributed by atoms with E-state index in [2.05, 4.69) is 56.3 Å². The third-order valence-corrected chi connectivity index (χ3v) is 6.17. The molecule has 188 valence electrons. The number of rotatable bonds is 10. The summed E-state index contributed by atoms with van der Waals surface area (Å²) >= 11 is 0. The minimum atomic E-state index is 0.0145. The molecular weight excluding hydrogens is 438 g/mol. The van der Waals surface area contributed by atoms with Crippen molar-refractivity contribution < 1.29 is 4.79 Å². The fourth-order valence-electron chi connectivity index (χ4n) is 4.14. The highest BCUT2D eigenvalue weighted by atomic mass is 16.2. The first-order valence-electron chi connectivity index (χ1n) is 12.5. The van der Waals surface area contributed by atoms with Crippen LogP contribution in [0.15, 0.2) is 46.3 Å². The summed E-state index contributed by atoms with van der Waals surface area (Å²) in [7, 11) is 0. The minimum absolute atomic E-state index is 0.0145. The van der Waals surface area contributed by atoms with Crippen LogP contribution in [0, 0.1) is 11.8 Å². The Bertz CT molecular complexity index is 1080. The van der Waals surface area contributed by atoms with Gasteiger partial charge in [0, 0.05) is 23.1 Å². The molecule has 3 rings (SSSR count). The van der Waals surface area contributed by atoms with Crippen LogP contribution in [0.5, 0.6) is 0 Å². The van der Waals surface area contributed by atoms with Gasteiger partial charge in [0.2, 0.25) is 5.91 Å². The highest BCUT2D eigenvalue weighted by Gasteiger charge is 2.25. The first kappa shape index (κ1) is 26.5. The van der Waals surface area contributed by atoms with Crippen molar-refractivity contribution in [3.05, 3.63) is 41.8 Å². The predicted octanol–water partition coefficient (Wildman–Crippen LogP) is 4.63. The van der Waals surface area contributed by atoms with Crippen LogP contribution in [-0.4, -0.2) is 59.1 Å². The van der Waals surface area contributed by atoms with Crippen molar-refractivity contribution in [2.45, 2.75) is 59.9 Å². The van der Waals surface area contributed by atoms with Gasteiger partial charge in [-0.25, -0.2) is 4.99 Å². The molecule has 0 bridgehead atoms. The van der Waals surface area contributed by atoms with Gasteiger partial charge in [-0.3, -0.25) is 9.79 Å². The second-order valence-electron chi connectivity index (χ2n) is 9.98. The molecule has 1 aromatic carbocycles. The van der Waals surface area contributed by atoms with Crippen LogP contribution in [0.1, 0.15) is 59.4 Å². The molecule has 2 heterocycles. The number of piperidine rings is 1. The third kappa shape index (κ3) is 7.96. The maximum atomic E-state index is 12.9. The lowest BCUT2D eigenvalue weighted by Crippen LogP contribution is -2.39. The number of aromatic nitrogens is 2. The molecule has 0 aliphatic carbocycles. The molecule has 2 N–H and O–H groups in total. The molecule has 1 amide bonds. The average molecular weight is 478 g/mol. The van der Waals surface area contributed by atoms with Crippen molar-refractivity contribution in [1.29, 1.82) is 0 Å². The van der Waals surface area contributed by atoms with Crippen molar-refractivity contribution in [1.82, 2.24) is 20.4 Å². The van der Waals surface area contributed by atoms with Gasteiger partial charge < -0.3 is 15.5 Å². The zero-order valence-corrected chi connectivity index (χ0v) is 21.7. The van der Waals surface area contributed by atoms with E-state index >= 15 is 0 Å². The normalized spacial score (nSPS) is 16.2. The molecule has 1 aromatic heterocycles. The van der Waals surface area contributed by atoms with Gasteiger partial charge in [-0.1, -0.05) is 19.9 Å². The Balaban J connectivity index is 1.68. The van der Waals surface area contributed by atoms with E-state index in [9.17, 15) is 4.79 Å². The van der Waals surface area contributed by atoms with Crippen LogP contribution >= 0.6 is 0 Å². The lowest BCUT2D eigenvalue weighted by atomic mass is 9.95. The van der Waals surface area contributed by atoms with Gasteiger partial charge in [0.25, 0.3) is 0 Å². The predicted molar refractivity (Wildman–Crippen MR) is 145 cm³/mol. The molecule has 0 radical (unpaired) electrons. The van der Waals surface area contributed by atoms with Crippen LogP contribution in [-0.2, 0) is 4.79 Å². The lowest BCUT2D eigenvalue weighted by Gasteiger charge is -2.31.